The predicted octanol–water partition coefficient (Wildman–Crippen LogP) is 1.75. The van der Waals surface area contributed by atoms with Gasteiger partial charge in [-0.25, -0.2) is 4.41 Å². The number of allylic oxidation sites excluding steroid dienone is 1. The Hall–Kier alpha value is -1.75. The fourth-order valence-corrected chi connectivity index (χ4v) is 1.86. The smallest absolute Gasteiger partial charge is 0.250 e. The molecule has 1 aliphatic rings. The van der Waals surface area contributed by atoms with E-state index in [-0.39, 0.29) is 0 Å². The second kappa shape index (κ2) is 4.18. The Bertz CT molecular complexity index is 442. The minimum absolute atomic E-state index is 0.448. The van der Waals surface area contributed by atoms with E-state index in [4.69, 9.17) is 5.73 Å². The molecule has 0 spiro atoms. The number of para-hydroxylation sites is 1. The van der Waals surface area contributed by atoms with Gasteiger partial charge in [0.15, 0.2) is 0 Å². The topological polar surface area (TPSA) is 58.7 Å². The van der Waals surface area contributed by atoms with Crippen LogP contribution in [0.2, 0.25) is 0 Å². The Morgan fingerprint density at radius 1 is 1.40 bits per heavy atom. The first-order valence-corrected chi connectivity index (χ1v) is 5.17. The second-order valence-electron chi connectivity index (χ2n) is 2.85. The molecule has 1 amide bonds. The van der Waals surface area contributed by atoms with Gasteiger partial charge in [-0.3, -0.25) is 4.79 Å². The van der Waals surface area contributed by atoms with Crippen LogP contribution >= 0.6 is 11.9 Å². The van der Waals surface area contributed by atoms with Crippen LogP contribution in [-0.2, 0) is 0 Å². The van der Waals surface area contributed by atoms with E-state index in [0.29, 0.717) is 11.3 Å². The van der Waals surface area contributed by atoms with Crippen molar-refractivity contribution in [2.45, 2.75) is 0 Å². The van der Waals surface area contributed by atoms with Gasteiger partial charge in [-0.05, 0) is 23.6 Å². The van der Waals surface area contributed by atoms with Gasteiger partial charge in [0.2, 0.25) is 0 Å². The first-order chi connectivity index (χ1) is 7.29. The molecule has 0 unspecified atom stereocenters. The lowest BCUT2D eigenvalue weighted by molar-refractivity contribution is 0.100. The van der Waals surface area contributed by atoms with E-state index in [2.05, 4.69) is 5.10 Å². The Morgan fingerprint density at radius 3 is 2.87 bits per heavy atom. The van der Waals surface area contributed by atoms with E-state index in [1.54, 1.807) is 22.8 Å². The summed E-state index contributed by atoms with van der Waals surface area (Å²) in [6, 6.07) is 7.11. The van der Waals surface area contributed by atoms with E-state index in [0.717, 1.165) is 0 Å². The average Bonchev–Trinajstić information content (AvgIpc) is 2.30. The third-order valence-electron chi connectivity index (χ3n) is 1.87. The molecule has 2 N–H and O–H groups in total. The molecule has 0 fully saturated rings. The number of anilines is 1. The van der Waals surface area contributed by atoms with Crippen LogP contribution < -0.4 is 10.1 Å². The van der Waals surface area contributed by atoms with E-state index < -0.39 is 5.91 Å². The summed E-state index contributed by atoms with van der Waals surface area (Å²) in [4.78, 5) is 11.2. The van der Waals surface area contributed by atoms with Crippen molar-refractivity contribution in [2.24, 2.45) is 10.8 Å². The van der Waals surface area contributed by atoms with E-state index in [1.165, 1.54) is 11.9 Å². The fraction of sp³-hybridized carbons (Fsp3) is 0. The van der Waals surface area contributed by atoms with Crippen LogP contribution in [0.3, 0.4) is 0 Å². The number of hydrazone groups is 1. The molecule has 5 heteroatoms. The van der Waals surface area contributed by atoms with Crippen molar-refractivity contribution in [3.05, 3.63) is 41.3 Å². The zero-order valence-corrected chi connectivity index (χ0v) is 8.65. The van der Waals surface area contributed by atoms with Crippen molar-refractivity contribution in [2.75, 3.05) is 4.41 Å². The number of hydrogen-bond acceptors (Lipinski definition) is 4. The Balaban J connectivity index is 2.39. The van der Waals surface area contributed by atoms with E-state index in [1.807, 2.05) is 23.6 Å². The number of hydrogen-bond donors (Lipinski definition) is 1. The normalized spacial score (nSPS) is 14.3. The maximum absolute atomic E-state index is 11.2. The van der Waals surface area contributed by atoms with Gasteiger partial charge in [0, 0.05) is 18.2 Å². The van der Waals surface area contributed by atoms with Crippen LogP contribution in [0.25, 0.3) is 0 Å². The molecular weight excluding hydrogens is 210 g/mol. The van der Waals surface area contributed by atoms with Crippen LogP contribution in [-0.4, -0.2) is 12.1 Å². The molecule has 15 heavy (non-hydrogen) atoms. The quantitative estimate of drug-likeness (QED) is 0.771. The number of nitrogens with zero attached hydrogens (tertiary/aromatic N) is 2. The number of nitrogens with two attached hydrogens (primary N) is 1. The predicted molar refractivity (Wildman–Crippen MR) is 62.7 cm³/mol. The molecule has 1 aromatic carbocycles. The summed E-state index contributed by atoms with van der Waals surface area (Å²) in [5.41, 5.74) is 6.45. The monoisotopic (exact) mass is 219 g/mol. The highest BCUT2D eigenvalue weighted by Crippen LogP contribution is 2.28. The van der Waals surface area contributed by atoms with Gasteiger partial charge in [-0.1, -0.05) is 12.1 Å². The van der Waals surface area contributed by atoms with Crippen molar-refractivity contribution in [3.63, 3.8) is 0 Å². The lowest BCUT2D eigenvalue weighted by Crippen LogP contribution is -2.17. The lowest BCUT2D eigenvalue weighted by atomic mass is 10.2. The Kier molecular flexibility index (Phi) is 2.73. The Morgan fingerprint density at radius 2 is 2.20 bits per heavy atom. The molecule has 0 radical (unpaired) electrons. The molecule has 0 aliphatic carbocycles. The zero-order chi connectivity index (χ0) is 10.7. The van der Waals surface area contributed by atoms with Crippen molar-refractivity contribution in [1.29, 1.82) is 0 Å². The van der Waals surface area contributed by atoms with Gasteiger partial charge in [-0.15, -0.1) is 0 Å². The second-order valence-corrected chi connectivity index (χ2v) is 3.68. The summed E-state index contributed by atoms with van der Waals surface area (Å²) >= 11 is 1.39. The SMILES string of the molecule is NC(=O)c1ccccc1N1N=CC=CS1. The number of benzene rings is 1. The maximum atomic E-state index is 11.2. The molecule has 0 bridgehead atoms. The van der Waals surface area contributed by atoms with Crippen molar-refractivity contribution in [1.82, 2.24) is 0 Å². The molecule has 0 aromatic heterocycles. The first-order valence-electron chi connectivity index (χ1n) is 4.34. The highest BCUT2D eigenvalue weighted by Gasteiger charge is 2.13. The molecule has 1 aliphatic heterocycles. The van der Waals surface area contributed by atoms with Crippen LogP contribution in [0.4, 0.5) is 5.69 Å². The minimum atomic E-state index is -0.448. The number of carbonyl (C=O) groups is 1. The standard InChI is InChI=1S/C10H9N3OS/c11-10(14)8-4-1-2-5-9(8)13-12-6-3-7-15-13/h1-7H,(H2,11,14). The molecule has 1 aromatic rings. The van der Waals surface area contributed by atoms with Crippen molar-refractivity contribution in [3.8, 4) is 0 Å². The van der Waals surface area contributed by atoms with Crippen LogP contribution in [0.1, 0.15) is 10.4 Å². The lowest BCUT2D eigenvalue weighted by Gasteiger charge is -2.19. The van der Waals surface area contributed by atoms with Crippen LogP contribution in [0, 0.1) is 0 Å². The molecule has 0 saturated heterocycles. The van der Waals surface area contributed by atoms with Gasteiger partial charge in [-0.2, -0.15) is 5.10 Å². The first kappa shape index (κ1) is 9.79. The number of carbonyl (C=O) groups excluding carboxylic acids is 1. The number of rotatable bonds is 2. The molecule has 76 valence electrons. The highest BCUT2D eigenvalue weighted by atomic mass is 32.2. The summed E-state index contributed by atoms with van der Waals surface area (Å²) in [6.07, 6.45) is 3.49. The van der Waals surface area contributed by atoms with Gasteiger partial charge >= 0.3 is 0 Å². The molecular formula is C10H9N3OS. The van der Waals surface area contributed by atoms with Gasteiger partial charge < -0.3 is 5.73 Å². The summed E-state index contributed by atoms with van der Waals surface area (Å²) in [7, 11) is 0. The van der Waals surface area contributed by atoms with E-state index in [9.17, 15) is 4.79 Å². The summed E-state index contributed by atoms with van der Waals surface area (Å²) in [6.45, 7) is 0. The summed E-state index contributed by atoms with van der Waals surface area (Å²) in [5.74, 6) is -0.448. The van der Waals surface area contributed by atoms with Gasteiger partial charge in [0.1, 0.15) is 0 Å². The molecule has 1 heterocycles. The van der Waals surface area contributed by atoms with Gasteiger partial charge in [0.05, 0.1) is 11.3 Å². The van der Waals surface area contributed by atoms with Gasteiger partial charge in [0.25, 0.3) is 5.91 Å². The van der Waals surface area contributed by atoms with Crippen molar-refractivity contribution < 1.29 is 4.79 Å². The summed E-state index contributed by atoms with van der Waals surface area (Å²) in [5, 5.41) is 6.00. The highest BCUT2D eigenvalue weighted by molar-refractivity contribution is 8.03. The average molecular weight is 219 g/mol. The Labute approximate surface area is 91.6 Å². The fourth-order valence-electron chi connectivity index (χ4n) is 1.22. The molecule has 4 nitrogen and oxygen atoms in total. The third-order valence-corrected chi connectivity index (χ3v) is 2.64. The number of amides is 1. The summed E-state index contributed by atoms with van der Waals surface area (Å²) < 4.78 is 1.65. The largest absolute Gasteiger partial charge is 0.366 e. The maximum Gasteiger partial charge on any atom is 0.250 e. The van der Waals surface area contributed by atoms with Crippen LogP contribution in [0.5, 0.6) is 0 Å². The van der Waals surface area contributed by atoms with Crippen molar-refractivity contribution >= 4 is 29.8 Å². The molecule has 0 atom stereocenters. The molecule has 2 rings (SSSR count). The molecule has 0 saturated carbocycles. The third kappa shape index (κ3) is 2.02. The zero-order valence-electron chi connectivity index (χ0n) is 7.83. The van der Waals surface area contributed by atoms with Crippen LogP contribution in [0.15, 0.2) is 40.9 Å². The van der Waals surface area contributed by atoms with E-state index >= 15 is 0 Å². The minimum Gasteiger partial charge on any atom is -0.366 e. The number of primary amides is 1.